The quantitative estimate of drug-likeness (QED) is 0.766. The first-order chi connectivity index (χ1) is 10.3. The molecule has 1 aliphatic rings. The number of hydrogen-bond donors (Lipinski definition) is 2. The predicted molar refractivity (Wildman–Crippen MR) is 78.0 cm³/mol. The molecule has 0 unspecified atom stereocenters. The largest absolute Gasteiger partial charge is 0.378 e. The lowest BCUT2D eigenvalue weighted by atomic mass is 10.4. The molecule has 3 rings (SSSR count). The molecule has 112 valence electrons. The van der Waals surface area contributed by atoms with E-state index in [1.165, 1.54) is 0 Å². The second-order valence-electron chi connectivity index (χ2n) is 4.66. The number of aromatic nitrogens is 5. The molecule has 2 aromatic heterocycles. The Morgan fingerprint density at radius 2 is 2.14 bits per heavy atom. The van der Waals surface area contributed by atoms with Crippen LogP contribution in [-0.4, -0.2) is 57.8 Å². The molecule has 0 radical (unpaired) electrons. The van der Waals surface area contributed by atoms with E-state index in [4.69, 9.17) is 10.5 Å². The monoisotopic (exact) mass is 290 g/mol. The van der Waals surface area contributed by atoms with Gasteiger partial charge >= 0.3 is 0 Å². The molecule has 1 saturated heterocycles. The van der Waals surface area contributed by atoms with Crippen molar-refractivity contribution in [2.75, 3.05) is 48.8 Å². The van der Waals surface area contributed by atoms with Gasteiger partial charge in [-0.3, -0.25) is 4.68 Å². The molecule has 3 N–H and O–H groups in total. The van der Waals surface area contributed by atoms with Crippen molar-refractivity contribution in [2.24, 2.45) is 0 Å². The van der Waals surface area contributed by atoms with Gasteiger partial charge in [-0.25, -0.2) is 0 Å². The van der Waals surface area contributed by atoms with Crippen LogP contribution in [0.3, 0.4) is 0 Å². The summed E-state index contributed by atoms with van der Waals surface area (Å²) in [5, 5.41) is 10.9. The fourth-order valence-electron chi connectivity index (χ4n) is 2.15. The number of hydrogen-bond acceptors (Lipinski definition) is 8. The molecule has 21 heavy (non-hydrogen) atoms. The Kier molecular flexibility index (Phi) is 4.10. The number of nitrogens with two attached hydrogens (primary N) is 1. The maximum absolute atomic E-state index is 5.78. The molecule has 1 aliphatic heterocycles. The lowest BCUT2D eigenvalue weighted by Crippen LogP contribution is -2.37. The van der Waals surface area contributed by atoms with Gasteiger partial charge in [0.1, 0.15) is 11.6 Å². The average Bonchev–Trinajstić information content (AvgIpc) is 3.01. The second kappa shape index (κ2) is 6.35. The van der Waals surface area contributed by atoms with E-state index in [0.29, 0.717) is 32.1 Å². The average molecular weight is 290 g/mol. The molecular formula is C12H18N8O. The van der Waals surface area contributed by atoms with E-state index in [1.807, 2.05) is 12.3 Å². The topological polar surface area (TPSA) is 107 Å². The summed E-state index contributed by atoms with van der Waals surface area (Å²) in [5.41, 5.74) is 5.78. The summed E-state index contributed by atoms with van der Waals surface area (Å²) in [6.45, 7) is 4.43. The van der Waals surface area contributed by atoms with Crippen LogP contribution in [0, 0.1) is 0 Å². The van der Waals surface area contributed by atoms with Crippen molar-refractivity contribution in [1.29, 1.82) is 0 Å². The predicted octanol–water partition coefficient (Wildman–Crippen LogP) is -0.401. The van der Waals surface area contributed by atoms with Crippen molar-refractivity contribution in [2.45, 2.75) is 6.54 Å². The van der Waals surface area contributed by atoms with Crippen molar-refractivity contribution < 1.29 is 4.74 Å². The third kappa shape index (κ3) is 3.57. The van der Waals surface area contributed by atoms with Gasteiger partial charge in [0.15, 0.2) is 0 Å². The van der Waals surface area contributed by atoms with Gasteiger partial charge in [0, 0.05) is 31.9 Å². The summed E-state index contributed by atoms with van der Waals surface area (Å²) in [6.07, 6.45) is 3.47. The van der Waals surface area contributed by atoms with E-state index >= 15 is 0 Å². The van der Waals surface area contributed by atoms with Crippen LogP contribution in [0.5, 0.6) is 0 Å². The summed E-state index contributed by atoms with van der Waals surface area (Å²) in [5.74, 6) is 1.81. The van der Waals surface area contributed by atoms with E-state index in [1.54, 1.807) is 10.9 Å². The molecule has 0 amide bonds. The van der Waals surface area contributed by atoms with Crippen LogP contribution < -0.4 is 16.0 Å². The van der Waals surface area contributed by atoms with E-state index in [-0.39, 0.29) is 5.95 Å². The minimum Gasteiger partial charge on any atom is -0.378 e. The molecule has 9 nitrogen and oxygen atoms in total. The Labute approximate surface area is 122 Å². The molecular weight excluding hydrogens is 272 g/mol. The highest BCUT2D eigenvalue weighted by Gasteiger charge is 2.14. The Hall–Kier alpha value is -2.42. The van der Waals surface area contributed by atoms with E-state index in [0.717, 1.165) is 18.9 Å². The molecule has 0 atom stereocenters. The highest BCUT2D eigenvalue weighted by Crippen LogP contribution is 2.17. The van der Waals surface area contributed by atoms with Crippen molar-refractivity contribution in [1.82, 2.24) is 25.0 Å². The smallest absolute Gasteiger partial charge is 0.223 e. The number of nitrogens with zero attached hydrogens (tertiary/aromatic N) is 6. The summed E-state index contributed by atoms with van der Waals surface area (Å²) in [4.78, 5) is 10.6. The Morgan fingerprint density at radius 1 is 1.29 bits per heavy atom. The van der Waals surface area contributed by atoms with E-state index in [2.05, 4.69) is 30.5 Å². The third-order valence-electron chi connectivity index (χ3n) is 3.18. The first-order valence-corrected chi connectivity index (χ1v) is 6.86. The van der Waals surface area contributed by atoms with Gasteiger partial charge in [-0.15, -0.1) is 5.10 Å². The minimum absolute atomic E-state index is 0.266. The second-order valence-corrected chi connectivity index (χ2v) is 4.66. The zero-order chi connectivity index (χ0) is 14.5. The van der Waals surface area contributed by atoms with E-state index in [9.17, 15) is 0 Å². The van der Waals surface area contributed by atoms with E-state index < -0.39 is 0 Å². The van der Waals surface area contributed by atoms with Crippen LogP contribution in [0.1, 0.15) is 0 Å². The molecule has 0 aliphatic carbocycles. The molecule has 0 bridgehead atoms. The number of rotatable bonds is 5. The maximum atomic E-state index is 5.78. The fraction of sp³-hybridized carbons (Fsp3) is 0.500. The molecule has 1 fully saturated rings. The highest BCUT2D eigenvalue weighted by molar-refractivity contribution is 5.52. The van der Waals surface area contributed by atoms with Crippen molar-refractivity contribution in [3.05, 3.63) is 18.5 Å². The van der Waals surface area contributed by atoms with Gasteiger partial charge in [-0.1, -0.05) is 5.21 Å². The van der Waals surface area contributed by atoms with Crippen LogP contribution >= 0.6 is 0 Å². The number of nitrogen functional groups attached to an aromatic ring is 1. The molecule has 0 saturated carbocycles. The van der Waals surface area contributed by atoms with Gasteiger partial charge in [0.25, 0.3) is 0 Å². The number of nitrogens with one attached hydrogen (secondary N) is 1. The van der Waals surface area contributed by atoms with Gasteiger partial charge < -0.3 is 20.7 Å². The molecule has 9 heteroatoms. The zero-order valence-corrected chi connectivity index (χ0v) is 11.6. The van der Waals surface area contributed by atoms with Gasteiger partial charge in [-0.05, 0) is 0 Å². The van der Waals surface area contributed by atoms with Crippen LogP contribution in [0.2, 0.25) is 0 Å². The normalized spacial score (nSPS) is 15.1. The molecule has 2 aromatic rings. The van der Waals surface area contributed by atoms with Crippen LogP contribution in [-0.2, 0) is 11.3 Å². The molecule has 0 aromatic carbocycles. The maximum Gasteiger partial charge on any atom is 0.223 e. The Balaban J connectivity index is 1.63. The molecule has 3 heterocycles. The van der Waals surface area contributed by atoms with Crippen molar-refractivity contribution in [3.63, 3.8) is 0 Å². The SMILES string of the molecule is Nc1nc(NCCn2ccnn2)cc(N2CCOCC2)n1. The third-order valence-corrected chi connectivity index (χ3v) is 3.18. The summed E-state index contributed by atoms with van der Waals surface area (Å²) in [6, 6.07) is 1.91. The first kappa shape index (κ1) is 13.6. The lowest BCUT2D eigenvalue weighted by Gasteiger charge is -2.28. The number of ether oxygens (including phenoxy) is 1. The van der Waals surface area contributed by atoms with Crippen LogP contribution in [0.15, 0.2) is 18.5 Å². The van der Waals surface area contributed by atoms with Crippen LogP contribution in [0.25, 0.3) is 0 Å². The summed E-state index contributed by atoms with van der Waals surface area (Å²) >= 11 is 0. The number of morpholine rings is 1. The molecule has 0 spiro atoms. The Morgan fingerprint density at radius 3 is 2.90 bits per heavy atom. The summed E-state index contributed by atoms with van der Waals surface area (Å²) in [7, 11) is 0. The minimum atomic E-state index is 0.266. The van der Waals surface area contributed by atoms with Gasteiger partial charge in [0.2, 0.25) is 5.95 Å². The lowest BCUT2D eigenvalue weighted by molar-refractivity contribution is 0.122. The van der Waals surface area contributed by atoms with Crippen molar-refractivity contribution >= 4 is 17.6 Å². The van der Waals surface area contributed by atoms with Crippen LogP contribution in [0.4, 0.5) is 17.6 Å². The highest BCUT2D eigenvalue weighted by atomic mass is 16.5. The standard InChI is InChI=1S/C12H18N8O/c13-12-16-10(14-1-3-20-4-2-15-18-20)9-11(17-12)19-5-7-21-8-6-19/h2,4,9H,1,3,5-8H2,(H3,13,14,16,17). The summed E-state index contributed by atoms with van der Waals surface area (Å²) < 4.78 is 7.09. The zero-order valence-electron chi connectivity index (χ0n) is 11.6. The fourth-order valence-corrected chi connectivity index (χ4v) is 2.15. The van der Waals surface area contributed by atoms with Gasteiger partial charge in [-0.2, -0.15) is 9.97 Å². The number of anilines is 3. The van der Waals surface area contributed by atoms with Gasteiger partial charge in [0.05, 0.1) is 26.0 Å². The first-order valence-electron chi connectivity index (χ1n) is 6.86. The Bertz CT molecular complexity index is 567. The van der Waals surface area contributed by atoms with Crippen molar-refractivity contribution in [3.8, 4) is 0 Å².